The number of hydrogen-bond acceptors (Lipinski definition) is 4. The second-order valence-electron chi connectivity index (χ2n) is 9.04. The minimum Gasteiger partial charge on any atom is -0.493 e. The fourth-order valence-electron chi connectivity index (χ4n) is 4.93. The molecule has 166 valence electrons. The molecule has 1 amide bonds. The third kappa shape index (κ3) is 5.85. The quantitative estimate of drug-likeness (QED) is 0.783. The summed E-state index contributed by atoms with van der Waals surface area (Å²) >= 11 is 0. The van der Waals surface area contributed by atoms with Gasteiger partial charge in [-0.3, -0.25) is 14.7 Å². The highest BCUT2D eigenvalue weighted by Gasteiger charge is 2.40. The number of carbonyl (C=O) groups excluding carboxylic acids is 1. The van der Waals surface area contributed by atoms with E-state index in [0.717, 1.165) is 76.8 Å². The molecule has 0 radical (unpaired) electrons. The van der Waals surface area contributed by atoms with Gasteiger partial charge in [0.2, 0.25) is 5.91 Å². The monoisotopic (exact) mass is 421 g/mol. The summed E-state index contributed by atoms with van der Waals surface area (Å²) in [4.78, 5) is 19.9. The van der Waals surface area contributed by atoms with Crippen molar-refractivity contribution < 1.29 is 9.53 Å². The number of fused-ring (bicyclic) bond motifs is 1. The molecular formula is C26H35N3O2. The molecule has 1 aromatic heterocycles. The summed E-state index contributed by atoms with van der Waals surface area (Å²) in [6, 6.07) is 12.5. The Hall–Kier alpha value is -2.40. The van der Waals surface area contributed by atoms with Crippen molar-refractivity contribution in [2.24, 2.45) is 5.41 Å². The van der Waals surface area contributed by atoms with Gasteiger partial charge in [0.05, 0.1) is 12.0 Å². The van der Waals surface area contributed by atoms with Crippen LogP contribution in [0.1, 0.15) is 56.1 Å². The maximum atomic E-state index is 13.2. The lowest BCUT2D eigenvalue weighted by atomic mass is 9.73. The Kier molecular flexibility index (Phi) is 7.57. The molecule has 2 aromatic rings. The van der Waals surface area contributed by atoms with Crippen molar-refractivity contribution >= 4 is 5.91 Å². The van der Waals surface area contributed by atoms with Gasteiger partial charge in [0, 0.05) is 25.5 Å². The number of hydrogen-bond donors (Lipinski definition) is 1. The largest absolute Gasteiger partial charge is 0.493 e. The second-order valence-corrected chi connectivity index (χ2v) is 9.04. The van der Waals surface area contributed by atoms with Crippen molar-refractivity contribution in [3.05, 3.63) is 59.9 Å². The average Bonchev–Trinajstić information content (AvgIpc) is 2.81. The minimum absolute atomic E-state index is 0.214. The molecule has 0 unspecified atom stereocenters. The highest BCUT2D eigenvalue weighted by molar-refractivity contribution is 5.82. The number of piperidine rings is 1. The first-order chi connectivity index (χ1) is 15.3. The molecule has 5 heteroatoms. The zero-order valence-corrected chi connectivity index (χ0v) is 18.5. The molecule has 1 spiro atoms. The van der Waals surface area contributed by atoms with E-state index in [9.17, 15) is 4.79 Å². The lowest BCUT2D eigenvalue weighted by Gasteiger charge is -2.41. The molecule has 2 aliphatic heterocycles. The number of aryl methyl sites for hydroxylation is 1. The van der Waals surface area contributed by atoms with Gasteiger partial charge in [0.1, 0.15) is 5.75 Å². The summed E-state index contributed by atoms with van der Waals surface area (Å²) in [5, 5.41) is 3.24. The van der Waals surface area contributed by atoms with Crippen molar-refractivity contribution in [2.75, 3.05) is 26.2 Å². The first-order valence-corrected chi connectivity index (χ1v) is 11.9. The molecular weight excluding hydrogens is 386 g/mol. The zero-order chi connectivity index (χ0) is 21.4. The lowest BCUT2D eigenvalue weighted by Crippen LogP contribution is -2.49. The number of pyridine rings is 1. The molecule has 3 heterocycles. The van der Waals surface area contributed by atoms with E-state index >= 15 is 0 Å². The molecule has 2 aliphatic rings. The maximum Gasteiger partial charge on any atom is 0.226 e. The molecule has 0 aliphatic carbocycles. The van der Waals surface area contributed by atoms with Crippen molar-refractivity contribution in [2.45, 2.75) is 57.9 Å². The van der Waals surface area contributed by atoms with Gasteiger partial charge >= 0.3 is 0 Å². The van der Waals surface area contributed by atoms with E-state index in [4.69, 9.17) is 4.74 Å². The van der Waals surface area contributed by atoms with Crippen LogP contribution in [0.25, 0.3) is 0 Å². The number of aromatic nitrogens is 1. The number of amides is 1. The topological polar surface area (TPSA) is 54.5 Å². The van der Waals surface area contributed by atoms with Crippen molar-refractivity contribution in [1.82, 2.24) is 15.2 Å². The van der Waals surface area contributed by atoms with Crippen molar-refractivity contribution in [1.29, 1.82) is 0 Å². The van der Waals surface area contributed by atoms with Gasteiger partial charge < -0.3 is 10.1 Å². The Morgan fingerprint density at radius 3 is 2.71 bits per heavy atom. The first-order valence-electron chi connectivity index (χ1n) is 11.9. The summed E-state index contributed by atoms with van der Waals surface area (Å²) < 4.78 is 6.01. The number of nitrogens with zero attached hydrogens (tertiary/aromatic N) is 2. The van der Waals surface area contributed by atoms with Crippen LogP contribution in [0.3, 0.4) is 0 Å². The van der Waals surface area contributed by atoms with Crippen LogP contribution >= 0.6 is 0 Å². The summed E-state index contributed by atoms with van der Waals surface area (Å²) in [6.45, 7) is 4.19. The van der Waals surface area contributed by atoms with E-state index in [1.165, 1.54) is 11.1 Å². The number of para-hydroxylation sites is 1. The van der Waals surface area contributed by atoms with Gasteiger partial charge in [-0.2, -0.15) is 0 Å². The molecule has 0 bridgehead atoms. The molecule has 5 nitrogen and oxygen atoms in total. The summed E-state index contributed by atoms with van der Waals surface area (Å²) in [5.41, 5.74) is 2.34. The fraction of sp³-hybridized carbons (Fsp3) is 0.538. The zero-order valence-electron chi connectivity index (χ0n) is 18.5. The number of ether oxygens (including phenoxy) is 1. The molecule has 1 N–H and O–H groups in total. The van der Waals surface area contributed by atoms with E-state index in [0.29, 0.717) is 13.2 Å². The van der Waals surface area contributed by atoms with Gasteiger partial charge in [0.25, 0.3) is 0 Å². The van der Waals surface area contributed by atoms with Crippen LogP contribution in [0.2, 0.25) is 0 Å². The van der Waals surface area contributed by atoms with Crippen LogP contribution in [0, 0.1) is 5.41 Å². The molecule has 1 fully saturated rings. The number of benzene rings is 1. The Labute approximate surface area is 186 Å². The van der Waals surface area contributed by atoms with E-state index in [2.05, 4.69) is 39.5 Å². The maximum absolute atomic E-state index is 13.2. The fourth-order valence-corrected chi connectivity index (χ4v) is 4.93. The van der Waals surface area contributed by atoms with Crippen LogP contribution < -0.4 is 10.1 Å². The number of carbonyl (C=O) groups is 1. The Bertz CT molecular complexity index is 832. The standard InChI is InChI=1S/C26H35N3O2/c30-25-26(13-17-29(18-14-26)21-22-8-6-15-27-20-22)12-5-1-2-9-23-10-3-4-11-24(23)31-19-7-16-28-25/h3-4,6,8,10-11,15,20H,1-2,5,7,9,12-14,16-19,21H2,(H,28,30). The van der Waals surface area contributed by atoms with Gasteiger partial charge in [-0.1, -0.05) is 37.1 Å². The molecule has 0 saturated carbocycles. The molecule has 4 rings (SSSR count). The van der Waals surface area contributed by atoms with Crippen LogP contribution in [0.4, 0.5) is 0 Å². The highest BCUT2D eigenvalue weighted by atomic mass is 16.5. The smallest absolute Gasteiger partial charge is 0.226 e. The van der Waals surface area contributed by atoms with E-state index in [-0.39, 0.29) is 11.3 Å². The van der Waals surface area contributed by atoms with E-state index in [1.54, 1.807) is 0 Å². The number of likely N-dealkylation sites (tertiary alicyclic amines) is 1. The summed E-state index contributed by atoms with van der Waals surface area (Å²) in [5.74, 6) is 1.26. The van der Waals surface area contributed by atoms with Crippen LogP contribution in [0.15, 0.2) is 48.8 Å². The van der Waals surface area contributed by atoms with E-state index < -0.39 is 0 Å². The van der Waals surface area contributed by atoms with Crippen LogP contribution in [-0.4, -0.2) is 42.0 Å². The average molecular weight is 422 g/mol. The molecule has 1 saturated heterocycles. The van der Waals surface area contributed by atoms with Gasteiger partial charge in [0.15, 0.2) is 0 Å². The second kappa shape index (κ2) is 10.8. The molecule has 31 heavy (non-hydrogen) atoms. The summed E-state index contributed by atoms with van der Waals surface area (Å²) in [6.07, 6.45) is 11.9. The SMILES string of the molecule is O=C1NCCCOc2ccccc2CCCCCC12CCN(Cc1cccnc1)CC2. The third-order valence-corrected chi connectivity index (χ3v) is 6.86. The van der Waals surface area contributed by atoms with Gasteiger partial charge in [-0.05, 0) is 74.9 Å². The van der Waals surface area contributed by atoms with Crippen molar-refractivity contribution in [3.63, 3.8) is 0 Å². The highest BCUT2D eigenvalue weighted by Crippen LogP contribution is 2.38. The predicted octanol–water partition coefficient (Wildman–Crippen LogP) is 4.37. The number of nitrogens with one attached hydrogen (secondary N) is 1. The molecule has 0 atom stereocenters. The Balaban J connectivity index is 1.36. The normalized spacial score (nSPS) is 20.8. The number of rotatable bonds is 2. The first kappa shape index (κ1) is 21.8. The minimum atomic E-state index is -0.214. The Morgan fingerprint density at radius 1 is 1.00 bits per heavy atom. The van der Waals surface area contributed by atoms with E-state index in [1.807, 2.05) is 24.5 Å². The van der Waals surface area contributed by atoms with Crippen LogP contribution in [-0.2, 0) is 17.8 Å². The van der Waals surface area contributed by atoms with Gasteiger partial charge in [-0.25, -0.2) is 0 Å². The Morgan fingerprint density at radius 2 is 1.87 bits per heavy atom. The van der Waals surface area contributed by atoms with Crippen LogP contribution in [0.5, 0.6) is 5.75 Å². The van der Waals surface area contributed by atoms with Crippen molar-refractivity contribution in [3.8, 4) is 5.75 Å². The van der Waals surface area contributed by atoms with Gasteiger partial charge in [-0.15, -0.1) is 0 Å². The predicted molar refractivity (Wildman–Crippen MR) is 123 cm³/mol. The summed E-state index contributed by atoms with van der Waals surface area (Å²) in [7, 11) is 0. The molecule has 1 aromatic carbocycles. The lowest BCUT2D eigenvalue weighted by molar-refractivity contribution is -0.134. The third-order valence-electron chi connectivity index (χ3n) is 6.86.